The summed E-state index contributed by atoms with van der Waals surface area (Å²) in [5.74, 6) is -0.261. The number of carbonyl (C=O) groups excluding carboxylic acids is 1. The van der Waals surface area contributed by atoms with E-state index in [0.29, 0.717) is 23.5 Å². The highest BCUT2D eigenvalue weighted by Gasteiger charge is 2.35. The van der Waals surface area contributed by atoms with E-state index in [-0.39, 0.29) is 23.1 Å². The fraction of sp³-hybridized carbons (Fsp3) is 0.467. The molecule has 1 aliphatic rings. The topological polar surface area (TPSA) is 92.1 Å². The maximum atomic E-state index is 12.8. The third kappa shape index (κ3) is 2.32. The number of carbonyl (C=O) groups is 1. The summed E-state index contributed by atoms with van der Waals surface area (Å²) in [6, 6.07) is 1.63. The van der Waals surface area contributed by atoms with Crippen molar-refractivity contribution in [2.24, 2.45) is 0 Å². The Morgan fingerprint density at radius 1 is 1.36 bits per heavy atom. The fourth-order valence-electron chi connectivity index (χ4n) is 3.10. The normalized spacial score (nSPS) is 18.0. The minimum atomic E-state index is -0.344. The van der Waals surface area contributed by atoms with Crippen LogP contribution in [0.4, 0.5) is 0 Å². The molecule has 0 aliphatic carbocycles. The molecule has 0 aromatic carbocycles. The van der Waals surface area contributed by atoms with E-state index in [9.17, 15) is 9.59 Å². The summed E-state index contributed by atoms with van der Waals surface area (Å²) in [5.41, 5.74) is 2.64. The van der Waals surface area contributed by atoms with E-state index in [0.717, 1.165) is 18.5 Å². The van der Waals surface area contributed by atoms with Crippen LogP contribution in [0.3, 0.4) is 0 Å². The minimum Gasteiger partial charge on any atom is -0.330 e. The van der Waals surface area contributed by atoms with Crippen LogP contribution < -0.4 is 5.56 Å². The van der Waals surface area contributed by atoms with Crippen molar-refractivity contribution in [3.05, 3.63) is 44.6 Å². The van der Waals surface area contributed by atoms with Gasteiger partial charge >= 0.3 is 0 Å². The van der Waals surface area contributed by atoms with E-state index < -0.39 is 0 Å². The van der Waals surface area contributed by atoms with Crippen molar-refractivity contribution >= 4 is 5.91 Å². The highest BCUT2D eigenvalue weighted by Crippen LogP contribution is 2.33. The van der Waals surface area contributed by atoms with Crippen molar-refractivity contribution < 1.29 is 9.42 Å². The molecule has 2 aromatic rings. The molecule has 7 heteroatoms. The van der Waals surface area contributed by atoms with Gasteiger partial charge in [0.05, 0.1) is 6.04 Å². The first-order valence-corrected chi connectivity index (χ1v) is 7.29. The number of aromatic amines is 1. The second-order valence-electron chi connectivity index (χ2n) is 5.73. The van der Waals surface area contributed by atoms with Crippen molar-refractivity contribution in [1.82, 2.24) is 20.2 Å². The van der Waals surface area contributed by atoms with Gasteiger partial charge in [-0.05, 0) is 45.2 Å². The van der Waals surface area contributed by atoms with Gasteiger partial charge in [0.15, 0.2) is 0 Å². The van der Waals surface area contributed by atoms with Crippen molar-refractivity contribution in [1.29, 1.82) is 0 Å². The SMILES string of the molecule is Cc1cc(C)c(C(=O)N2CCC[C@H]2c2nonc2C)c(=O)[nH]1. The number of aryl methyl sites for hydroxylation is 3. The molecule has 1 N–H and O–H groups in total. The third-order valence-electron chi connectivity index (χ3n) is 4.10. The molecule has 3 rings (SSSR count). The Balaban J connectivity index is 1.99. The number of rotatable bonds is 2. The average Bonchev–Trinajstić information content (AvgIpc) is 3.05. The lowest BCUT2D eigenvalue weighted by molar-refractivity contribution is 0.0727. The lowest BCUT2D eigenvalue weighted by Gasteiger charge is -2.23. The number of hydrogen-bond acceptors (Lipinski definition) is 5. The second kappa shape index (κ2) is 5.40. The number of aromatic nitrogens is 3. The van der Waals surface area contributed by atoms with E-state index in [1.807, 2.05) is 6.07 Å². The zero-order valence-electron chi connectivity index (χ0n) is 12.8. The molecule has 0 radical (unpaired) electrons. The Morgan fingerprint density at radius 2 is 2.14 bits per heavy atom. The molecule has 0 bridgehead atoms. The quantitative estimate of drug-likeness (QED) is 0.910. The van der Waals surface area contributed by atoms with Gasteiger partial charge in [-0.1, -0.05) is 10.3 Å². The molecule has 1 atom stereocenters. The van der Waals surface area contributed by atoms with E-state index in [1.54, 1.807) is 25.7 Å². The summed E-state index contributed by atoms with van der Waals surface area (Å²) in [5, 5.41) is 7.70. The Labute approximate surface area is 127 Å². The van der Waals surface area contributed by atoms with Crippen LogP contribution >= 0.6 is 0 Å². The lowest BCUT2D eigenvalue weighted by atomic mass is 10.1. The van der Waals surface area contributed by atoms with Crippen molar-refractivity contribution in [3.63, 3.8) is 0 Å². The summed E-state index contributed by atoms with van der Waals surface area (Å²) >= 11 is 0. The summed E-state index contributed by atoms with van der Waals surface area (Å²) in [7, 11) is 0. The fourth-order valence-corrected chi connectivity index (χ4v) is 3.10. The lowest BCUT2D eigenvalue weighted by Crippen LogP contribution is -2.35. The number of likely N-dealkylation sites (tertiary alicyclic amines) is 1. The van der Waals surface area contributed by atoms with Gasteiger partial charge in [0, 0.05) is 12.2 Å². The molecule has 3 heterocycles. The van der Waals surface area contributed by atoms with Gasteiger partial charge in [0.25, 0.3) is 11.5 Å². The summed E-state index contributed by atoms with van der Waals surface area (Å²) < 4.78 is 4.75. The van der Waals surface area contributed by atoms with E-state index in [4.69, 9.17) is 4.63 Å². The first kappa shape index (κ1) is 14.5. The van der Waals surface area contributed by atoms with Gasteiger partial charge in [-0.2, -0.15) is 0 Å². The molecule has 2 aromatic heterocycles. The predicted molar refractivity (Wildman–Crippen MR) is 78.6 cm³/mol. The van der Waals surface area contributed by atoms with Crippen LogP contribution in [0.1, 0.15) is 51.9 Å². The highest BCUT2D eigenvalue weighted by atomic mass is 16.6. The molecule has 1 aliphatic heterocycles. The number of nitrogens with one attached hydrogen (secondary N) is 1. The van der Waals surface area contributed by atoms with Crippen molar-refractivity contribution in [2.45, 2.75) is 39.7 Å². The zero-order chi connectivity index (χ0) is 15.9. The number of amides is 1. The van der Waals surface area contributed by atoms with Gasteiger partial charge in [-0.15, -0.1) is 0 Å². The van der Waals surface area contributed by atoms with E-state index in [2.05, 4.69) is 15.3 Å². The molecule has 116 valence electrons. The Hall–Kier alpha value is -2.44. The van der Waals surface area contributed by atoms with Gasteiger partial charge in [-0.3, -0.25) is 9.59 Å². The molecule has 22 heavy (non-hydrogen) atoms. The van der Waals surface area contributed by atoms with Crippen LogP contribution in [0, 0.1) is 20.8 Å². The van der Waals surface area contributed by atoms with Crippen molar-refractivity contribution in [3.8, 4) is 0 Å². The maximum Gasteiger partial charge on any atom is 0.261 e. The largest absolute Gasteiger partial charge is 0.330 e. The number of pyridine rings is 1. The number of nitrogens with zero attached hydrogens (tertiary/aromatic N) is 3. The minimum absolute atomic E-state index is 0.182. The highest BCUT2D eigenvalue weighted by molar-refractivity contribution is 5.95. The molecular weight excluding hydrogens is 284 g/mol. The first-order valence-electron chi connectivity index (χ1n) is 7.29. The molecule has 0 saturated carbocycles. The van der Waals surface area contributed by atoms with Crippen LogP contribution in [0.25, 0.3) is 0 Å². The molecule has 0 spiro atoms. The van der Waals surface area contributed by atoms with Crippen LogP contribution in [0.2, 0.25) is 0 Å². The van der Waals surface area contributed by atoms with Crippen LogP contribution in [0.15, 0.2) is 15.5 Å². The Bertz CT molecular complexity index is 777. The maximum absolute atomic E-state index is 12.8. The number of hydrogen-bond donors (Lipinski definition) is 1. The summed E-state index contributed by atoms with van der Waals surface area (Å²) in [6.45, 7) is 5.98. The van der Waals surface area contributed by atoms with Crippen molar-refractivity contribution in [2.75, 3.05) is 6.54 Å². The monoisotopic (exact) mass is 302 g/mol. The Morgan fingerprint density at radius 3 is 2.77 bits per heavy atom. The van der Waals surface area contributed by atoms with Gasteiger partial charge < -0.3 is 9.88 Å². The molecular formula is C15H18N4O3. The molecule has 1 fully saturated rings. The number of H-pyrrole nitrogens is 1. The van der Waals surface area contributed by atoms with Crippen LogP contribution in [-0.2, 0) is 0 Å². The summed E-state index contributed by atoms with van der Waals surface area (Å²) in [4.78, 5) is 29.4. The Kier molecular flexibility index (Phi) is 3.56. The van der Waals surface area contributed by atoms with Gasteiger partial charge in [0.2, 0.25) is 0 Å². The second-order valence-corrected chi connectivity index (χ2v) is 5.73. The smallest absolute Gasteiger partial charge is 0.261 e. The molecule has 0 unspecified atom stereocenters. The summed E-state index contributed by atoms with van der Waals surface area (Å²) in [6.07, 6.45) is 1.66. The van der Waals surface area contributed by atoms with Gasteiger partial charge in [0.1, 0.15) is 17.0 Å². The predicted octanol–water partition coefficient (Wildman–Crippen LogP) is 1.66. The third-order valence-corrected chi connectivity index (χ3v) is 4.10. The molecule has 1 saturated heterocycles. The standard InChI is InChI=1S/C15H18N4O3/c1-8-7-9(2)16-14(20)12(8)15(21)19-6-4-5-11(19)13-10(3)17-22-18-13/h7,11H,4-6H2,1-3H3,(H,16,20)/t11-/m0/s1. The zero-order valence-corrected chi connectivity index (χ0v) is 12.8. The first-order chi connectivity index (χ1) is 10.5. The molecule has 1 amide bonds. The van der Waals surface area contributed by atoms with Gasteiger partial charge in [-0.25, -0.2) is 4.63 Å². The molecule has 7 nitrogen and oxygen atoms in total. The van der Waals surface area contributed by atoms with Crippen LogP contribution in [-0.4, -0.2) is 32.6 Å². The van der Waals surface area contributed by atoms with Crippen LogP contribution in [0.5, 0.6) is 0 Å². The van der Waals surface area contributed by atoms with E-state index >= 15 is 0 Å². The average molecular weight is 302 g/mol. The van der Waals surface area contributed by atoms with E-state index in [1.165, 1.54) is 0 Å².